The molecule has 20 heavy (non-hydrogen) atoms. The van der Waals surface area contributed by atoms with Gasteiger partial charge in [-0.25, -0.2) is 0 Å². The largest absolute Gasteiger partial charge is 1.00 e. The first-order chi connectivity index (χ1) is 8.77. The average Bonchev–Trinajstić information content (AvgIpc) is 2.25. The van der Waals surface area contributed by atoms with Gasteiger partial charge in [0.05, 0.1) is 0 Å². The van der Waals surface area contributed by atoms with Gasteiger partial charge >= 0.3 is 29.6 Å². The number of hydrogen-bond acceptors (Lipinski definition) is 0. The van der Waals surface area contributed by atoms with E-state index < -0.39 is 0 Å². The third-order valence-corrected chi connectivity index (χ3v) is 10.4. The Labute approximate surface area is 153 Å². The Bertz CT molecular complexity index is 183. The fourth-order valence-electron chi connectivity index (χ4n) is 2.71. The van der Waals surface area contributed by atoms with Crippen molar-refractivity contribution >= 4 is 15.8 Å². The molecule has 0 atom stereocenters. The van der Waals surface area contributed by atoms with E-state index in [9.17, 15) is 0 Å². The molecule has 0 aromatic heterocycles. The Balaban J connectivity index is 0. The summed E-state index contributed by atoms with van der Waals surface area (Å²) in [4.78, 5) is 0. The molecular weight excluding hydrogens is 291 g/mol. The van der Waals surface area contributed by atoms with Crippen LogP contribution in [0.25, 0.3) is 5.32 Å². The van der Waals surface area contributed by atoms with Gasteiger partial charge in [0.1, 0.15) is 0 Å². The Kier molecular flexibility index (Phi) is 16.0. The average molecular weight is 327 g/mol. The molecule has 0 unspecified atom stereocenters. The van der Waals surface area contributed by atoms with Crippen LogP contribution in [0.3, 0.4) is 0 Å². The van der Waals surface area contributed by atoms with Crippen LogP contribution in [0.15, 0.2) is 0 Å². The standard InChI is InChI=1S/C16H36NP2.Na/c1-13(2)18(14(3)4)11-9-17-10-12-19(15(5)6)16(7)8;/h13-16H,9-12H2,1-8H3;/q-1;+1. The molecule has 0 aliphatic rings. The predicted molar refractivity (Wildman–Crippen MR) is 97.2 cm³/mol. The topological polar surface area (TPSA) is 14.1 Å². The van der Waals surface area contributed by atoms with Crippen LogP contribution >= 0.6 is 15.8 Å². The molecule has 0 N–H and O–H groups in total. The smallest absolute Gasteiger partial charge is 0.662 e. The molecule has 1 nitrogen and oxygen atoms in total. The predicted octanol–water partition coefficient (Wildman–Crippen LogP) is 2.96. The molecule has 0 rings (SSSR count). The maximum atomic E-state index is 4.81. The van der Waals surface area contributed by atoms with Gasteiger partial charge in [-0.3, -0.25) is 0 Å². The first-order valence-electron chi connectivity index (χ1n) is 7.92. The zero-order valence-corrected chi connectivity index (χ0v) is 19.3. The van der Waals surface area contributed by atoms with Crippen molar-refractivity contribution in [1.29, 1.82) is 0 Å². The number of nitrogens with zero attached hydrogens (tertiary/aromatic N) is 1. The van der Waals surface area contributed by atoms with E-state index in [2.05, 4.69) is 55.4 Å². The first kappa shape index (κ1) is 24.1. The SMILES string of the molecule is CC(C)P(CC[N-]CCP(C(C)C)C(C)C)C(C)C.[Na+]. The number of hydrogen-bond donors (Lipinski definition) is 0. The summed E-state index contributed by atoms with van der Waals surface area (Å²) in [7, 11) is 0.352. The molecular formula is C16H36NNaP2. The summed E-state index contributed by atoms with van der Waals surface area (Å²) in [5.41, 5.74) is 3.42. The second kappa shape index (κ2) is 13.3. The number of rotatable bonds is 10. The van der Waals surface area contributed by atoms with Crippen LogP contribution in [-0.2, 0) is 0 Å². The van der Waals surface area contributed by atoms with Crippen LogP contribution in [0.4, 0.5) is 0 Å². The van der Waals surface area contributed by atoms with Gasteiger partial charge < -0.3 is 5.32 Å². The molecule has 4 heteroatoms. The second-order valence-corrected chi connectivity index (χ2v) is 13.6. The summed E-state index contributed by atoms with van der Waals surface area (Å²) >= 11 is 0. The molecule has 116 valence electrons. The van der Waals surface area contributed by atoms with Crippen molar-refractivity contribution in [3.63, 3.8) is 0 Å². The summed E-state index contributed by atoms with van der Waals surface area (Å²) in [6, 6.07) is 0. The Morgan fingerprint density at radius 3 is 1.05 bits per heavy atom. The van der Waals surface area contributed by atoms with E-state index in [0.29, 0.717) is 0 Å². The summed E-state index contributed by atoms with van der Waals surface area (Å²) < 4.78 is 0. The van der Waals surface area contributed by atoms with Gasteiger partial charge in [-0.05, 0) is 22.6 Å². The minimum atomic E-state index is 0. The molecule has 0 fully saturated rings. The van der Waals surface area contributed by atoms with E-state index in [1.54, 1.807) is 0 Å². The van der Waals surface area contributed by atoms with Crippen LogP contribution in [-0.4, -0.2) is 48.0 Å². The van der Waals surface area contributed by atoms with Gasteiger partial charge in [0, 0.05) is 0 Å². The first-order valence-corrected chi connectivity index (χ1v) is 11.2. The Hall–Kier alpha value is 1.82. The Morgan fingerprint density at radius 1 is 0.600 bits per heavy atom. The van der Waals surface area contributed by atoms with Gasteiger partial charge in [0.2, 0.25) is 0 Å². The van der Waals surface area contributed by atoms with E-state index in [4.69, 9.17) is 5.32 Å². The molecule has 0 bridgehead atoms. The molecule has 0 aromatic carbocycles. The summed E-state index contributed by atoms with van der Waals surface area (Å²) in [5, 5.41) is 4.81. The van der Waals surface area contributed by atoms with Crippen molar-refractivity contribution in [2.75, 3.05) is 25.4 Å². The third kappa shape index (κ3) is 10.5. The van der Waals surface area contributed by atoms with Crippen LogP contribution in [0.1, 0.15) is 55.4 Å². The molecule has 0 heterocycles. The van der Waals surface area contributed by atoms with Gasteiger partial charge in [0.15, 0.2) is 0 Å². The molecule has 0 saturated heterocycles. The molecule has 0 aromatic rings. The quantitative estimate of drug-likeness (QED) is 0.333. The van der Waals surface area contributed by atoms with Gasteiger partial charge in [0.25, 0.3) is 0 Å². The second-order valence-electron chi connectivity index (χ2n) is 6.52. The van der Waals surface area contributed by atoms with Crippen molar-refractivity contribution in [1.82, 2.24) is 0 Å². The van der Waals surface area contributed by atoms with E-state index in [-0.39, 0.29) is 45.4 Å². The normalized spacial score (nSPS) is 12.3. The van der Waals surface area contributed by atoms with Gasteiger partial charge in [-0.15, -0.1) is 28.9 Å². The van der Waals surface area contributed by atoms with Crippen molar-refractivity contribution in [3.8, 4) is 0 Å². The molecule has 0 saturated carbocycles. The zero-order valence-electron chi connectivity index (χ0n) is 15.5. The molecule has 0 aliphatic heterocycles. The minimum absolute atomic E-state index is 0. The summed E-state index contributed by atoms with van der Waals surface area (Å²) in [6.07, 6.45) is 2.68. The maximum absolute atomic E-state index is 4.81. The van der Waals surface area contributed by atoms with Crippen molar-refractivity contribution in [3.05, 3.63) is 5.32 Å². The fourth-order valence-corrected chi connectivity index (χ4v) is 7.90. The minimum Gasteiger partial charge on any atom is -0.662 e. The van der Waals surface area contributed by atoms with Crippen molar-refractivity contribution in [2.24, 2.45) is 0 Å². The molecule has 0 radical (unpaired) electrons. The van der Waals surface area contributed by atoms with E-state index in [1.165, 1.54) is 12.3 Å². The summed E-state index contributed by atoms with van der Waals surface area (Å²) in [6.45, 7) is 21.2. The summed E-state index contributed by atoms with van der Waals surface area (Å²) in [5.74, 6) is 0. The van der Waals surface area contributed by atoms with E-state index in [0.717, 1.165) is 35.7 Å². The van der Waals surface area contributed by atoms with Crippen molar-refractivity contribution < 1.29 is 29.6 Å². The molecule has 0 aliphatic carbocycles. The van der Waals surface area contributed by atoms with E-state index in [1.807, 2.05) is 0 Å². The van der Waals surface area contributed by atoms with Gasteiger partial charge in [-0.1, -0.05) is 67.7 Å². The molecule has 0 spiro atoms. The monoisotopic (exact) mass is 327 g/mol. The van der Waals surface area contributed by atoms with Crippen LogP contribution in [0.5, 0.6) is 0 Å². The van der Waals surface area contributed by atoms with Crippen LogP contribution in [0.2, 0.25) is 0 Å². The van der Waals surface area contributed by atoms with Crippen LogP contribution < -0.4 is 29.6 Å². The van der Waals surface area contributed by atoms with Crippen molar-refractivity contribution in [2.45, 2.75) is 78.0 Å². The third-order valence-electron chi connectivity index (χ3n) is 3.69. The van der Waals surface area contributed by atoms with Crippen LogP contribution in [0, 0.1) is 0 Å². The zero-order chi connectivity index (χ0) is 15.0. The Morgan fingerprint density at radius 2 is 0.850 bits per heavy atom. The fraction of sp³-hybridized carbons (Fsp3) is 1.00. The molecule has 0 amide bonds. The van der Waals surface area contributed by atoms with Gasteiger partial charge in [-0.2, -0.15) is 0 Å². The van der Waals surface area contributed by atoms with E-state index >= 15 is 0 Å². The maximum Gasteiger partial charge on any atom is 1.00 e.